The molecule has 8 heteroatoms. The van der Waals surface area contributed by atoms with Crippen LogP contribution in [0.4, 0.5) is 4.39 Å². The Kier molecular flexibility index (Phi) is 3.13. The van der Waals surface area contributed by atoms with Gasteiger partial charge < -0.3 is 0 Å². The zero-order valence-electron chi connectivity index (χ0n) is 12.2. The van der Waals surface area contributed by atoms with Gasteiger partial charge in [0, 0.05) is 52.4 Å². The van der Waals surface area contributed by atoms with E-state index in [1.807, 2.05) is 0 Å². The van der Waals surface area contributed by atoms with Gasteiger partial charge in [0.2, 0.25) is 0 Å². The highest BCUT2D eigenvalue weighted by Crippen LogP contribution is 2.32. The number of aromatic nitrogens is 4. The fraction of sp³-hybridized carbons (Fsp3) is 0.846. The van der Waals surface area contributed by atoms with Crippen LogP contribution in [0.15, 0.2) is 0 Å². The molecule has 3 aliphatic heterocycles. The van der Waals surface area contributed by atoms with Crippen LogP contribution in [-0.2, 0) is 0 Å². The van der Waals surface area contributed by atoms with Crippen LogP contribution in [0.2, 0.25) is 0 Å². The predicted molar refractivity (Wildman–Crippen MR) is 73.4 cm³/mol. The van der Waals surface area contributed by atoms with Crippen molar-refractivity contribution in [2.75, 3.05) is 52.4 Å². The number of halogens is 1. The van der Waals surface area contributed by atoms with Crippen molar-refractivity contribution in [2.24, 2.45) is 0 Å². The first-order valence-electron chi connectivity index (χ1n) is 7.53. The zero-order chi connectivity index (χ0) is 14.4. The van der Waals surface area contributed by atoms with Crippen LogP contribution < -0.4 is 0 Å². The number of fused-ring (bicyclic) bond motifs is 3. The summed E-state index contributed by atoms with van der Waals surface area (Å²) in [6.45, 7) is 7.62. The Hall–Kier alpha value is -1.25. The Morgan fingerprint density at radius 3 is 2.43 bits per heavy atom. The summed E-state index contributed by atoms with van der Waals surface area (Å²) in [5, 5.41) is 16.4. The summed E-state index contributed by atoms with van der Waals surface area (Å²) < 4.78 is 15.2. The molecule has 0 spiro atoms. The molecule has 4 heterocycles. The van der Waals surface area contributed by atoms with Crippen LogP contribution in [0.3, 0.4) is 0 Å². The first-order valence-corrected chi connectivity index (χ1v) is 7.53. The van der Waals surface area contributed by atoms with Crippen molar-refractivity contribution in [2.45, 2.75) is 18.6 Å². The van der Waals surface area contributed by atoms with E-state index in [0.29, 0.717) is 31.3 Å². The van der Waals surface area contributed by atoms with E-state index < -0.39 is 5.67 Å². The molecule has 0 saturated carbocycles. The lowest BCUT2D eigenvalue weighted by Gasteiger charge is -2.29. The maximum absolute atomic E-state index is 15.2. The molecule has 7 nitrogen and oxygen atoms in total. The highest BCUT2D eigenvalue weighted by Gasteiger charge is 2.46. The third-order valence-electron chi connectivity index (χ3n) is 4.70. The van der Waals surface area contributed by atoms with E-state index in [-0.39, 0.29) is 6.04 Å². The minimum Gasteiger partial charge on any atom is -0.298 e. The van der Waals surface area contributed by atoms with Gasteiger partial charge in [-0.25, -0.2) is 4.39 Å². The van der Waals surface area contributed by atoms with E-state index in [1.54, 1.807) is 6.92 Å². The quantitative estimate of drug-likeness (QED) is 0.676. The summed E-state index contributed by atoms with van der Waals surface area (Å²) in [7, 11) is 0. The van der Waals surface area contributed by atoms with Gasteiger partial charge in [0.25, 0.3) is 0 Å². The molecule has 0 aliphatic carbocycles. The summed E-state index contributed by atoms with van der Waals surface area (Å²) >= 11 is 0. The molecule has 3 saturated heterocycles. The van der Waals surface area contributed by atoms with Crippen LogP contribution in [0, 0.1) is 6.92 Å². The Morgan fingerprint density at radius 2 is 1.62 bits per heavy atom. The van der Waals surface area contributed by atoms with Gasteiger partial charge in [-0.2, -0.15) is 0 Å². The Bertz CT molecular complexity index is 524. The third-order valence-corrected chi connectivity index (χ3v) is 4.70. The van der Waals surface area contributed by atoms with Gasteiger partial charge in [-0.05, 0) is 6.92 Å². The lowest BCUT2D eigenvalue weighted by atomic mass is 10.1. The van der Waals surface area contributed by atoms with Gasteiger partial charge in [0.05, 0.1) is 6.04 Å². The molecule has 4 bridgehead atoms. The molecule has 0 amide bonds. The second-order valence-corrected chi connectivity index (χ2v) is 6.45. The molecular formula is C13H20FN7. The van der Waals surface area contributed by atoms with Crippen LogP contribution in [0.5, 0.6) is 0 Å². The number of hydrogen-bond donors (Lipinski definition) is 0. The molecule has 3 fully saturated rings. The molecule has 0 radical (unpaired) electrons. The van der Waals surface area contributed by atoms with Crippen LogP contribution in [-0.4, -0.2) is 93.1 Å². The largest absolute Gasteiger partial charge is 0.298 e. The summed E-state index contributed by atoms with van der Waals surface area (Å²) in [6, 6.07) is -0.0127. The minimum atomic E-state index is -1.16. The van der Waals surface area contributed by atoms with Crippen molar-refractivity contribution in [3.05, 3.63) is 11.6 Å². The molecule has 21 heavy (non-hydrogen) atoms. The normalized spacial score (nSPS) is 42.4. The smallest absolute Gasteiger partial charge is 0.191 e. The third kappa shape index (κ3) is 2.51. The van der Waals surface area contributed by atoms with E-state index in [4.69, 9.17) is 0 Å². The molecule has 4 rings (SSSR count). The number of alkyl halides is 1. The lowest BCUT2D eigenvalue weighted by molar-refractivity contribution is 0.0916. The maximum Gasteiger partial charge on any atom is 0.191 e. The second-order valence-electron chi connectivity index (χ2n) is 6.45. The Labute approximate surface area is 123 Å². The maximum atomic E-state index is 15.2. The lowest BCUT2D eigenvalue weighted by Crippen LogP contribution is -2.45. The molecule has 1 aromatic rings. The minimum absolute atomic E-state index is 0.0127. The summed E-state index contributed by atoms with van der Waals surface area (Å²) in [5.74, 6) is 1.18. The number of aryl methyl sites for hydroxylation is 1. The Balaban J connectivity index is 1.71. The number of hydrogen-bond acceptors (Lipinski definition) is 7. The van der Waals surface area contributed by atoms with Crippen molar-refractivity contribution in [3.63, 3.8) is 0 Å². The van der Waals surface area contributed by atoms with Gasteiger partial charge in [-0.1, -0.05) is 0 Å². The molecule has 5 atom stereocenters. The van der Waals surface area contributed by atoms with Crippen molar-refractivity contribution in [3.8, 4) is 0 Å². The van der Waals surface area contributed by atoms with Gasteiger partial charge in [0.1, 0.15) is 5.67 Å². The SMILES string of the molecule is Cc1nnc(C2CN3CCN4CCN2CC([18F])(C4)C3)nn1. The highest BCUT2D eigenvalue weighted by molar-refractivity contribution is 5.04. The van der Waals surface area contributed by atoms with E-state index in [0.717, 1.165) is 32.7 Å². The van der Waals surface area contributed by atoms with E-state index >= 15 is 4.39 Å². The molecule has 3 aliphatic rings. The summed E-state index contributed by atoms with van der Waals surface area (Å²) in [5.41, 5.74) is -1.16. The van der Waals surface area contributed by atoms with Gasteiger partial charge in [-0.3, -0.25) is 14.7 Å². The summed E-state index contributed by atoms with van der Waals surface area (Å²) in [6.07, 6.45) is 0. The van der Waals surface area contributed by atoms with E-state index in [2.05, 4.69) is 35.1 Å². The van der Waals surface area contributed by atoms with Gasteiger partial charge >= 0.3 is 0 Å². The fourth-order valence-electron chi connectivity index (χ4n) is 3.74. The first-order chi connectivity index (χ1) is 10.1. The van der Waals surface area contributed by atoms with Gasteiger partial charge in [-0.15, -0.1) is 20.4 Å². The van der Waals surface area contributed by atoms with E-state index in [9.17, 15) is 0 Å². The number of rotatable bonds is 1. The zero-order valence-corrected chi connectivity index (χ0v) is 12.2. The van der Waals surface area contributed by atoms with Gasteiger partial charge in [0.15, 0.2) is 11.6 Å². The van der Waals surface area contributed by atoms with Crippen LogP contribution in [0.1, 0.15) is 17.7 Å². The standard InChI is InChI=1S/C13H20FN7/c1-10-15-17-12(18-16-10)11-6-20-3-2-19-4-5-21(11)9-13(14,7-19)8-20/h11H,2-9H2,1H3/i14-1. The number of nitrogens with zero attached hydrogens (tertiary/aromatic N) is 7. The molecule has 0 aromatic carbocycles. The average Bonchev–Trinajstić information content (AvgIpc) is 2.76. The molecule has 1 aromatic heterocycles. The molecule has 114 valence electrons. The topological polar surface area (TPSA) is 61.3 Å². The van der Waals surface area contributed by atoms with Crippen molar-refractivity contribution < 1.29 is 4.39 Å². The fourth-order valence-corrected chi connectivity index (χ4v) is 3.74. The van der Waals surface area contributed by atoms with Crippen LogP contribution >= 0.6 is 0 Å². The average molecular weight is 292 g/mol. The first kappa shape index (κ1) is 13.4. The van der Waals surface area contributed by atoms with Crippen molar-refractivity contribution >= 4 is 0 Å². The Morgan fingerprint density at radius 1 is 0.952 bits per heavy atom. The predicted octanol–water partition coefficient (Wildman–Crippen LogP) is -0.729. The van der Waals surface area contributed by atoms with Crippen molar-refractivity contribution in [1.29, 1.82) is 0 Å². The van der Waals surface area contributed by atoms with Crippen molar-refractivity contribution in [1.82, 2.24) is 35.1 Å². The van der Waals surface area contributed by atoms with E-state index in [1.165, 1.54) is 0 Å². The molecule has 5 unspecified atom stereocenters. The molecular weight excluding hydrogens is 272 g/mol. The molecule has 0 N–H and O–H groups in total. The van der Waals surface area contributed by atoms with Crippen LogP contribution in [0.25, 0.3) is 0 Å². The summed E-state index contributed by atoms with van der Waals surface area (Å²) in [4.78, 5) is 6.63. The highest BCUT2D eigenvalue weighted by atomic mass is 18.2. The monoisotopic (exact) mass is 292 g/mol. The second kappa shape index (κ2) is 4.89.